The minimum Gasteiger partial charge on any atom is -0.303 e. The number of rotatable bonds is 4. The summed E-state index contributed by atoms with van der Waals surface area (Å²) in [4.78, 5) is 2.51. The first-order chi connectivity index (χ1) is 6.34. The van der Waals surface area contributed by atoms with E-state index in [4.69, 9.17) is 11.6 Å². The van der Waals surface area contributed by atoms with E-state index >= 15 is 0 Å². The third kappa shape index (κ3) is 4.33. The van der Waals surface area contributed by atoms with Crippen molar-refractivity contribution in [2.75, 3.05) is 19.5 Å². The van der Waals surface area contributed by atoms with Crippen molar-refractivity contribution in [2.45, 2.75) is 51.0 Å². The molecule has 0 aromatic rings. The van der Waals surface area contributed by atoms with Gasteiger partial charge >= 0.3 is 0 Å². The first kappa shape index (κ1) is 11.3. The van der Waals surface area contributed by atoms with Crippen molar-refractivity contribution in [2.24, 2.45) is 0 Å². The van der Waals surface area contributed by atoms with Crippen molar-refractivity contribution in [1.29, 1.82) is 0 Å². The van der Waals surface area contributed by atoms with Crippen LogP contribution in [0.25, 0.3) is 0 Å². The molecule has 1 fully saturated rings. The van der Waals surface area contributed by atoms with Crippen LogP contribution in [0.4, 0.5) is 0 Å². The zero-order valence-electron chi connectivity index (χ0n) is 8.77. The minimum absolute atomic E-state index is 0.803. The fourth-order valence-electron chi connectivity index (χ4n) is 2.19. The van der Waals surface area contributed by atoms with Gasteiger partial charge in [0.25, 0.3) is 0 Å². The molecule has 2 heteroatoms. The Morgan fingerprint density at radius 3 is 2.31 bits per heavy atom. The van der Waals surface area contributed by atoms with Gasteiger partial charge in [-0.3, -0.25) is 0 Å². The highest BCUT2D eigenvalue weighted by Crippen LogP contribution is 2.20. The second-order valence-electron chi connectivity index (χ2n) is 4.17. The minimum atomic E-state index is 0.803. The van der Waals surface area contributed by atoms with Crippen molar-refractivity contribution >= 4 is 11.6 Å². The van der Waals surface area contributed by atoms with Crippen LogP contribution in [0.1, 0.15) is 44.9 Å². The van der Waals surface area contributed by atoms with E-state index in [1.54, 1.807) is 0 Å². The second kappa shape index (κ2) is 6.67. The molecule has 1 nitrogen and oxygen atoms in total. The SMILES string of the molecule is CN(CCCCl)C1CCCCCC1. The molecule has 1 saturated carbocycles. The molecule has 0 aromatic heterocycles. The fourth-order valence-corrected chi connectivity index (χ4v) is 2.31. The highest BCUT2D eigenvalue weighted by Gasteiger charge is 2.15. The Balaban J connectivity index is 2.22. The van der Waals surface area contributed by atoms with Gasteiger partial charge in [-0.05, 0) is 32.9 Å². The fraction of sp³-hybridized carbons (Fsp3) is 1.00. The Kier molecular flexibility index (Phi) is 5.81. The maximum atomic E-state index is 5.69. The highest BCUT2D eigenvalue weighted by atomic mass is 35.5. The summed E-state index contributed by atoms with van der Waals surface area (Å²) in [7, 11) is 2.25. The average molecular weight is 204 g/mol. The van der Waals surface area contributed by atoms with Crippen molar-refractivity contribution < 1.29 is 0 Å². The van der Waals surface area contributed by atoms with E-state index in [2.05, 4.69) is 11.9 Å². The zero-order valence-corrected chi connectivity index (χ0v) is 9.52. The number of alkyl halides is 1. The predicted molar refractivity (Wildman–Crippen MR) is 59.5 cm³/mol. The van der Waals surface area contributed by atoms with Crippen LogP contribution in [0, 0.1) is 0 Å². The summed E-state index contributed by atoms with van der Waals surface area (Å²) in [6.45, 7) is 1.17. The lowest BCUT2D eigenvalue weighted by Gasteiger charge is -2.26. The smallest absolute Gasteiger partial charge is 0.0235 e. The van der Waals surface area contributed by atoms with Crippen molar-refractivity contribution in [1.82, 2.24) is 4.90 Å². The Morgan fingerprint density at radius 1 is 1.15 bits per heavy atom. The lowest BCUT2D eigenvalue weighted by atomic mass is 10.1. The summed E-state index contributed by atoms with van der Waals surface area (Å²) in [5.74, 6) is 0.803. The molecule has 1 aliphatic rings. The van der Waals surface area contributed by atoms with Crippen molar-refractivity contribution in [3.05, 3.63) is 0 Å². The van der Waals surface area contributed by atoms with E-state index in [1.807, 2.05) is 0 Å². The van der Waals surface area contributed by atoms with E-state index in [9.17, 15) is 0 Å². The van der Waals surface area contributed by atoms with Crippen LogP contribution in [0.5, 0.6) is 0 Å². The van der Waals surface area contributed by atoms with Crippen LogP contribution in [-0.4, -0.2) is 30.4 Å². The molecule has 0 spiro atoms. The Bertz CT molecular complexity index is 119. The topological polar surface area (TPSA) is 3.24 Å². The summed E-state index contributed by atoms with van der Waals surface area (Å²) >= 11 is 5.69. The molecule has 0 atom stereocenters. The van der Waals surface area contributed by atoms with Gasteiger partial charge in [-0.15, -0.1) is 11.6 Å². The molecule has 0 amide bonds. The van der Waals surface area contributed by atoms with Crippen LogP contribution in [-0.2, 0) is 0 Å². The quantitative estimate of drug-likeness (QED) is 0.501. The molecule has 0 bridgehead atoms. The molecule has 0 heterocycles. The van der Waals surface area contributed by atoms with Crippen LogP contribution < -0.4 is 0 Å². The van der Waals surface area contributed by atoms with E-state index < -0.39 is 0 Å². The maximum Gasteiger partial charge on any atom is 0.0235 e. The number of hydrogen-bond acceptors (Lipinski definition) is 1. The predicted octanol–water partition coefficient (Wildman–Crippen LogP) is 3.27. The number of hydrogen-bond donors (Lipinski definition) is 0. The van der Waals surface area contributed by atoms with Gasteiger partial charge in [0.15, 0.2) is 0 Å². The molecule has 78 valence electrons. The average Bonchev–Trinajstić information content (AvgIpc) is 2.42. The zero-order chi connectivity index (χ0) is 9.52. The van der Waals surface area contributed by atoms with Crippen molar-refractivity contribution in [3.63, 3.8) is 0 Å². The van der Waals surface area contributed by atoms with E-state index in [0.29, 0.717) is 0 Å². The lowest BCUT2D eigenvalue weighted by molar-refractivity contribution is 0.222. The van der Waals surface area contributed by atoms with Gasteiger partial charge in [0.1, 0.15) is 0 Å². The molecule has 0 N–H and O–H groups in total. The van der Waals surface area contributed by atoms with Gasteiger partial charge in [-0.2, -0.15) is 0 Å². The Hall–Kier alpha value is 0.250. The molecular weight excluding hydrogens is 182 g/mol. The molecule has 13 heavy (non-hydrogen) atoms. The molecular formula is C11H22ClN. The van der Waals surface area contributed by atoms with Crippen LogP contribution in [0.3, 0.4) is 0 Å². The van der Waals surface area contributed by atoms with Gasteiger partial charge in [0, 0.05) is 11.9 Å². The third-order valence-corrected chi connectivity index (χ3v) is 3.36. The molecule has 0 saturated heterocycles. The summed E-state index contributed by atoms with van der Waals surface area (Å²) in [6, 6.07) is 0.839. The van der Waals surface area contributed by atoms with Crippen molar-refractivity contribution in [3.8, 4) is 0 Å². The second-order valence-corrected chi connectivity index (χ2v) is 4.55. The lowest BCUT2D eigenvalue weighted by Crippen LogP contribution is -2.32. The monoisotopic (exact) mass is 203 g/mol. The number of halogens is 1. The van der Waals surface area contributed by atoms with Crippen LogP contribution in [0.2, 0.25) is 0 Å². The summed E-state index contributed by atoms with van der Waals surface area (Å²) in [5.41, 5.74) is 0. The largest absolute Gasteiger partial charge is 0.303 e. The van der Waals surface area contributed by atoms with Crippen LogP contribution in [0.15, 0.2) is 0 Å². The van der Waals surface area contributed by atoms with Gasteiger partial charge < -0.3 is 4.90 Å². The Morgan fingerprint density at radius 2 is 1.77 bits per heavy atom. The molecule has 1 aliphatic carbocycles. The van der Waals surface area contributed by atoms with E-state index in [-0.39, 0.29) is 0 Å². The van der Waals surface area contributed by atoms with E-state index in [1.165, 1.54) is 45.1 Å². The Labute approximate surface area is 87.4 Å². The third-order valence-electron chi connectivity index (χ3n) is 3.09. The van der Waals surface area contributed by atoms with Gasteiger partial charge in [0.05, 0.1) is 0 Å². The first-order valence-electron chi connectivity index (χ1n) is 5.61. The summed E-state index contributed by atoms with van der Waals surface area (Å²) in [5, 5.41) is 0. The van der Waals surface area contributed by atoms with E-state index in [0.717, 1.165) is 18.3 Å². The number of nitrogens with zero attached hydrogens (tertiary/aromatic N) is 1. The molecule has 0 unspecified atom stereocenters. The normalized spacial score (nSPS) is 20.5. The maximum absolute atomic E-state index is 5.69. The van der Waals surface area contributed by atoms with Gasteiger partial charge in [0.2, 0.25) is 0 Å². The molecule has 1 rings (SSSR count). The van der Waals surface area contributed by atoms with Crippen LogP contribution >= 0.6 is 11.6 Å². The summed E-state index contributed by atoms with van der Waals surface area (Å²) < 4.78 is 0. The van der Waals surface area contributed by atoms with Gasteiger partial charge in [-0.25, -0.2) is 0 Å². The standard InChI is InChI=1S/C11H22ClN/c1-13(10-6-9-12)11-7-4-2-3-5-8-11/h11H,2-10H2,1H3. The van der Waals surface area contributed by atoms with Gasteiger partial charge in [-0.1, -0.05) is 25.7 Å². The highest BCUT2D eigenvalue weighted by molar-refractivity contribution is 6.17. The molecule has 0 aromatic carbocycles. The molecule has 0 radical (unpaired) electrons. The first-order valence-corrected chi connectivity index (χ1v) is 6.14. The summed E-state index contributed by atoms with van der Waals surface area (Å²) in [6.07, 6.45) is 9.68. The molecule has 0 aliphatic heterocycles.